The third kappa shape index (κ3) is 7.52. The van der Waals surface area contributed by atoms with Gasteiger partial charge in [-0.05, 0) is 24.3 Å². The Morgan fingerprint density at radius 1 is 1.27 bits per heavy atom. The first-order valence-corrected chi connectivity index (χ1v) is 9.50. The number of nitrogens with one attached hydrogen (secondary N) is 1. The molecule has 1 aliphatic heterocycles. The Hall–Kier alpha value is -0.710. The van der Waals surface area contributed by atoms with E-state index >= 15 is 0 Å². The summed E-state index contributed by atoms with van der Waals surface area (Å²) in [5.41, 5.74) is 1.37. The minimum atomic E-state index is -0.0625. The Morgan fingerprint density at radius 3 is 2.50 bits per heavy atom. The highest BCUT2D eigenvalue weighted by Gasteiger charge is 2.19. The highest BCUT2D eigenvalue weighted by Crippen LogP contribution is 2.24. The maximum atomic E-state index is 11.1. The summed E-state index contributed by atoms with van der Waals surface area (Å²) in [6.07, 6.45) is 2.29. The first-order chi connectivity index (χ1) is 10.8. The molecule has 0 aliphatic carbocycles. The summed E-state index contributed by atoms with van der Waals surface area (Å²) in [6, 6.07) is 10.6. The number of benzene rings is 1. The molecule has 124 valence electrons. The fraction of sp³-hybridized carbons (Fsp3) is 0.588. The summed E-state index contributed by atoms with van der Waals surface area (Å²) in [4.78, 5) is 11.1. The molecule has 22 heavy (non-hydrogen) atoms. The van der Waals surface area contributed by atoms with Crippen LogP contribution in [0.25, 0.3) is 0 Å². The van der Waals surface area contributed by atoms with E-state index in [1.165, 1.54) is 5.56 Å². The second kappa shape index (κ2) is 11.8. The summed E-state index contributed by atoms with van der Waals surface area (Å²) >= 11 is 7.37. The topological polar surface area (TPSA) is 32.3 Å². The standard InChI is InChI=1S/C15H21ClN2OS.C2H6/c16-10-15(19)17-11-13-6-8-18(9-7-13)20-12-14-4-2-1-3-5-14;1-2/h1-5,13H,6-12H2,(H,17,19);1-2H3. The van der Waals surface area contributed by atoms with Gasteiger partial charge in [-0.2, -0.15) is 0 Å². The zero-order chi connectivity index (χ0) is 16.2. The van der Waals surface area contributed by atoms with Crippen LogP contribution in [0, 0.1) is 5.92 Å². The van der Waals surface area contributed by atoms with Gasteiger partial charge in [0.15, 0.2) is 0 Å². The SMILES string of the molecule is CC.O=C(CCl)NCC1CCN(SCc2ccccc2)CC1. The van der Waals surface area contributed by atoms with Crippen LogP contribution in [0.5, 0.6) is 0 Å². The molecule has 0 atom stereocenters. The lowest BCUT2D eigenvalue weighted by Crippen LogP contribution is -2.36. The highest BCUT2D eigenvalue weighted by molar-refractivity contribution is 7.96. The number of hydrogen-bond acceptors (Lipinski definition) is 3. The van der Waals surface area contributed by atoms with E-state index in [2.05, 4.69) is 40.0 Å². The van der Waals surface area contributed by atoms with Crippen LogP contribution in [0.15, 0.2) is 30.3 Å². The molecular weight excluding hydrogens is 316 g/mol. The Bertz CT molecular complexity index is 408. The molecule has 0 aromatic heterocycles. The number of piperidine rings is 1. The Morgan fingerprint density at radius 2 is 1.91 bits per heavy atom. The van der Waals surface area contributed by atoms with Gasteiger partial charge in [0.05, 0.1) is 0 Å². The number of nitrogens with zero attached hydrogens (tertiary/aromatic N) is 1. The molecular formula is C17H27ClN2OS. The number of hydrogen-bond donors (Lipinski definition) is 1. The molecule has 1 aromatic rings. The molecule has 0 saturated carbocycles. The lowest BCUT2D eigenvalue weighted by atomic mass is 9.98. The van der Waals surface area contributed by atoms with E-state index in [0.717, 1.165) is 38.2 Å². The average molecular weight is 343 g/mol. The zero-order valence-corrected chi connectivity index (χ0v) is 15.1. The van der Waals surface area contributed by atoms with Gasteiger partial charge < -0.3 is 5.32 Å². The van der Waals surface area contributed by atoms with E-state index in [9.17, 15) is 4.79 Å². The number of carbonyl (C=O) groups is 1. The third-order valence-corrected chi connectivity index (χ3v) is 4.97. The van der Waals surface area contributed by atoms with Crippen LogP contribution < -0.4 is 5.32 Å². The summed E-state index contributed by atoms with van der Waals surface area (Å²) < 4.78 is 2.44. The normalized spacial score (nSPS) is 15.8. The van der Waals surface area contributed by atoms with Gasteiger partial charge in [-0.3, -0.25) is 9.10 Å². The maximum absolute atomic E-state index is 11.1. The molecule has 0 bridgehead atoms. The Labute approximate surface area is 143 Å². The van der Waals surface area contributed by atoms with Crippen molar-refractivity contribution in [1.29, 1.82) is 0 Å². The van der Waals surface area contributed by atoms with Crippen LogP contribution in [-0.4, -0.2) is 35.7 Å². The van der Waals surface area contributed by atoms with Crippen molar-refractivity contribution in [3.8, 4) is 0 Å². The van der Waals surface area contributed by atoms with Crippen LogP contribution in [-0.2, 0) is 10.5 Å². The Kier molecular flexibility index (Phi) is 10.4. The highest BCUT2D eigenvalue weighted by atomic mass is 35.5. The fourth-order valence-corrected chi connectivity index (χ4v) is 3.38. The second-order valence-corrected chi connectivity index (χ2v) is 6.40. The van der Waals surface area contributed by atoms with Crippen LogP contribution in [0.1, 0.15) is 32.3 Å². The quantitative estimate of drug-likeness (QED) is 0.628. The number of rotatable bonds is 6. The largest absolute Gasteiger partial charge is 0.355 e. The molecule has 5 heteroatoms. The molecule has 1 aliphatic rings. The van der Waals surface area contributed by atoms with Gasteiger partial charge in [-0.25, -0.2) is 0 Å². The maximum Gasteiger partial charge on any atom is 0.234 e. The average Bonchev–Trinajstić information content (AvgIpc) is 2.61. The van der Waals surface area contributed by atoms with E-state index in [4.69, 9.17) is 11.6 Å². The molecule has 3 nitrogen and oxygen atoms in total. The van der Waals surface area contributed by atoms with Gasteiger partial charge in [-0.1, -0.05) is 56.1 Å². The molecule has 1 saturated heterocycles. The van der Waals surface area contributed by atoms with Crippen molar-refractivity contribution in [2.24, 2.45) is 5.92 Å². The van der Waals surface area contributed by atoms with Gasteiger partial charge in [0, 0.05) is 25.4 Å². The van der Waals surface area contributed by atoms with Crippen molar-refractivity contribution in [1.82, 2.24) is 9.62 Å². The minimum absolute atomic E-state index is 0.0613. The summed E-state index contributed by atoms with van der Waals surface area (Å²) in [6.45, 7) is 6.96. The van der Waals surface area contributed by atoms with Gasteiger partial charge in [-0.15, -0.1) is 11.6 Å². The van der Waals surface area contributed by atoms with E-state index in [0.29, 0.717) is 5.92 Å². The van der Waals surface area contributed by atoms with Crippen molar-refractivity contribution in [2.45, 2.75) is 32.4 Å². The molecule has 1 amide bonds. The molecule has 0 unspecified atom stereocenters. The molecule has 1 heterocycles. The summed E-state index contributed by atoms with van der Waals surface area (Å²) in [5.74, 6) is 1.63. The van der Waals surface area contributed by atoms with Crippen LogP contribution >= 0.6 is 23.5 Å². The second-order valence-electron chi connectivity index (χ2n) is 5.07. The summed E-state index contributed by atoms with van der Waals surface area (Å²) in [7, 11) is 0. The van der Waals surface area contributed by atoms with Gasteiger partial charge >= 0.3 is 0 Å². The molecule has 0 spiro atoms. The molecule has 2 rings (SSSR count). The smallest absolute Gasteiger partial charge is 0.234 e. The van der Waals surface area contributed by atoms with Gasteiger partial charge in [0.2, 0.25) is 5.91 Å². The van der Waals surface area contributed by atoms with Crippen molar-refractivity contribution in [2.75, 3.05) is 25.5 Å². The van der Waals surface area contributed by atoms with Crippen molar-refractivity contribution >= 4 is 29.5 Å². The van der Waals surface area contributed by atoms with Crippen LogP contribution in [0.4, 0.5) is 0 Å². The predicted octanol–water partition coefficient (Wildman–Crippen LogP) is 3.93. The van der Waals surface area contributed by atoms with Gasteiger partial charge in [0.1, 0.15) is 5.88 Å². The first kappa shape index (κ1) is 19.3. The van der Waals surface area contributed by atoms with Gasteiger partial charge in [0.25, 0.3) is 0 Å². The van der Waals surface area contributed by atoms with Crippen molar-refractivity contribution in [3.63, 3.8) is 0 Å². The predicted molar refractivity (Wildman–Crippen MR) is 97.1 cm³/mol. The first-order valence-electron chi connectivity index (χ1n) is 8.02. The molecule has 1 N–H and O–H groups in total. The van der Waals surface area contributed by atoms with Crippen molar-refractivity contribution < 1.29 is 4.79 Å². The van der Waals surface area contributed by atoms with Crippen LogP contribution in [0.3, 0.4) is 0 Å². The van der Waals surface area contributed by atoms with E-state index in [1.807, 2.05) is 25.8 Å². The van der Waals surface area contributed by atoms with Crippen LogP contribution in [0.2, 0.25) is 0 Å². The van der Waals surface area contributed by atoms with E-state index < -0.39 is 0 Å². The zero-order valence-electron chi connectivity index (χ0n) is 13.6. The number of alkyl halides is 1. The molecule has 0 radical (unpaired) electrons. The Balaban J connectivity index is 0.00000116. The fourth-order valence-electron chi connectivity index (χ4n) is 2.29. The van der Waals surface area contributed by atoms with E-state index in [-0.39, 0.29) is 11.8 Å². The third-order valence-electron chi connectivity index (χ3n) is 3.54. The van der Waals surface area contributed by atoms with Crippen molar-refractivity contribution in [3.05, 3.63) is 35.9 Å². The molecule has 1 fully saturated rings. The number of carbonyl (C=O) groups excluding carboxylic acids is 1. The van der Waals surface area contributed by atoms with E-state index in [1.54, 1.807) is 0 Å². The summed E-state index contributed by atoms with van der Waals surface area (Å²) in [5, 5.41) is 2.88. The monoisotopic (exact) mass is 342 g/mol. The lowest BCUT2D eigenvalue weighted by molar-refractivity contribution is -0.118. The lowest BCUT2D eigenvalue weighted by Gasteiger charge is -2.31. The molecule has 1 aromatic carbocycles. The number of halogens is 1. The number of amides is 1. The minimum Gasteiger partial charge on any atom is -0.355 e.